The zero-order chi connectivity index (χ0) is 10.2. The molecule has 2 heterocycles. The van der Waals surface area contributed by atoms with Crippen LogP contribution in [0.5, 0.6) is 0 Å². The number of nitrogens with zero attached hydrogens (tertiary/aromatic N) is 3. The summed E-state index contributed by atoms with van der Waals surface area (Å²) in [5.41, 5.74) is 1.02. The first-order valence-electron chi connectivity index (χ1n) is 4.44. The molecule has 5 nitrogen and oxygen atoms in total. The summed E-state index contributed by atoms with van der Waals surface area (Å²) in [4.78, 5) is 0.653. The Hall–Kier alpha value is 0.0421. The second-order valence-corrected chi connectivity index (χ2v) is 7.56. The predicted molar refractivity (Wildman–Crippen MR) is 53.9 cm³/mol. The quantitative estimate of drug-likeness (QED) is 0.671. The summed E-state index contributed by atoms with van der Waals surface area (Å²) in [7, 11) is -2.63. The fraction of sp³-hybridized carbons (Fsp3) is 0.571. The van der Waals surface area contributed by atoms with Gasteiger partial charge in [-0.05, 0) is 0 Å². The third kappa shape index (κ3) is 1.74. The van der Waals surface area contributed by atoms with Gasteiger partial charge < -0.3 is 0 Å². The van der Waals surface area contributed by atoms with E-state index in [2.05, 4.69) is 7.27 Å². The van der Waals surface area contributed by atoms with Crippen molar-refractivity contribution in [2.75, 3.05) is 0 Å². The van der Waals surface area contributed by atoms with Crippen LogP contribution in [0.4, 0.5) is 0 Å². The molecule has 0 amide bonds. The van der Waals surface area contributed by atoms with Crippen LogP contribution in [0, 0.1) is 0 Å². The van der Waals surface area contributed by atoms with Gasteiger partial charge in [0.15, 0.2) is 0 Å². The topological polar surface area (TPSA) is 73.3 Å². The van der Waals surface area contributed by atoms with E-state index in [1.54, 1.807) is 6.20 Å². The number of fused-ring (bicyclic) bond motifs is 1. The van der Waals surface area contributed by atoms with E-state index in [1.807, 2.05) is 4.68 Å². The van der Waals surface area contributed by atoms with E-state index in [-0.39, 0.29) is 0 Å². The van der Waals surface area contributed by atoms with Crippen molar-refractivity contribution < 1.29 is 4.21 Å². The van der Waals surface area contributed by atoms with E-state index in [0.29, 0.717) is 31.0 Å². The van der Waals surface area contributed by atoms with Crippen molar-refractivity contribution in [3.05, 3.63) is 11.9 Å². The number of aryl methyl sites for hydroxylation is 1. The molecule has 1 aromatic rings. The van der Waals surface area contributed by atoms with Gasteiger partial charge in [-0.2, -0.15) is 0 Å². The number of aromatic nitrogens is 2. The van der Waals surface area contributed by atoms with Gasteiger partial charge in [-0.25, -0.2) is 0 Å². The van der Waals surface area contributed by atoms with Gasteiger partial charge >= 0.3 is 99.9 Å². The molecular weight excluding hydrogens is 393 g/mol. The zero-order valence-electron chi connectivity index (χ0n) is 7.72. The summed E-state index contributed by atoms with van der Waals surface area (Å²) in [5, 5.41) is 9.84. The van der Waals surface area contributed by atoms with Gasteiger partial charge in [0.2, 0.25) is 0 Å². The molecule has 0 spiro atoms. The maximum atomic E-state index is 11.9. The average Bonchev–Trinajstić information content (AvgIpc) is 2.61. The van der Waals surface area contributed by atoms with Crippen molar-refractivity contribution in [1.29, 1.82) is 0 Å². The summed E-state index contributed by atoms with van der Waals surface area (Å²) < 4.78 is 17.7. The third-order valence-electron chi connectivity index (χ3n) is 2.42. The van der Waals surface area contributed by atoms with E-state index in [9.17, 15) is 4.21 Å². The molecule has 14 heavy (non-hydrogen) atoms. The summed E-state index contributed by atoms with van der Waals surface area (Å²) in [5.74, 6) is 0. The first-order valence-corrected chi connectivity index (χ1v) is 8.02. The Balaban J connectivity index is 2.56. The first kappa shape index (κ1) is 10.6. The van der Waals surface area contributed by atoms with Gasteiger partial charge in [0, 0.05) is 0 Å². The van der Waals surface area contributed by atoms with Crippen LogP contribution < -0.4 is 5.14 Å². The number of hydrogen-bond acceptors (Lipinski definition) is 3. The van der Waals surface area contributed by atoms with Gasteiger partial charge in [0.25, 0.3) is 0 Å². The second-order valence-electron chi connectivity index (χ2n) is 3.31. The minimum absolute atomic E-state index is 0.302. The molecule has 2 rings (SSSR count). The molecule has 7 heteroatoms. The molecule has 0 radical (unpaired) electrons. The fourth-order valence-electron chi connectivity index (χ4n) is 1.69. The molecule has 1 unspecified atom stereocenters. The van der Waals surface area contributed by atoms with Crippen LogP contribution >= 0.6 is 0 Å². The SMILES string of the molecule is NS(=O)(=[N][Tl])c1cnn2c1CCCC2. The van der Waals surface area contributed by atoms with Crippen LogP contribution in [0.3, 0.4) is 0 Å². The molecule has 1 atom stereocenters. The molecule has 0 saturated carbocycles. The Bertz CT molecular complexity index is 460. The predicted octanol–water partition coefficient (Wildman–Crippen LogP) is 0.00350. The van der Waals surface area contributed by atoms with Crippen molar-refractivity contribution in [1.82, 2.24) is 9.78 Å². The Labute approximate surface area is 99.5 Å². The molecule has 0 aliphatic carbocycles. The normalized spacial score (nSPS) is 19.7. The Kier molecular flexibility index (Phi) is 2.94. The van der Waals surface area contributed by atoms with Crippen molar-refractivity contribution in [2.45, 2.75) is 30.7 Å². The van der Waals surface area contributed by atoms with E-state index in [1.165, 1.54) is 0 Å². The van der Waals surface area contributed by atoms with Crippen molar-refractivity contribution >= 4 is 36.0 Å². The molecular formula is C7H11N4OSTl. The molecule has 2 N–H and O–H groups in total. The van der Waals surface area contributed by atoms with Gasteiger partial charge in [-0.15, -0.1) is 0 Å². The monoisotopic (exact) mass is 404 g/mol. The van der Waals surface area contributed by atoms with E-state index in [0.717, 1.165) is 31.5 Å². The van der Waals surface area contributed by atoms with Crippen LogP contribution in [0.25, 0.3) is 0 Å². The summed E-state index contributed by atoms with van der Waals surface area (Å²) >= 11 is 0.302. The summed E-state index contributed by atoms with van der Waals surface area (Å²) in [6.07, 6.45) is 4.80. The van der Waals surface area contributed by atoms with Crippen molar-refractivity contribution in [2.24, 2.45) is 7.31 Å². The van der Waals surface area contributed by atoms with Crippen molar-refractivity contribution in [3.63, 3.8) is 0 Å². The van der Waals surface area contributed by atoms with Crippen LogP contribution in [-0.2, 0) is 22.9 Å². The van der Waals surface area contributed by atoms with Gasteiger partial charge in [0.05, 0.1) is 0 Å². The number of rotatable bonds is 1. The zero-order valence-corrected chi connectivity index (χ0v) is 13.0. The molecule has 1 aliphatic heterocycles. The van der Waals surface area contributed by atoms with Gasteiger partial charge in [-0.3, -0.25) is 0 Å². The van der Waals surface area contributed by atoms with Crippen molar-refractivity contribution in [3.8, 4) is 0 Å². The maximum absolute atomic E-state index is 11.9. The third-order valence-corrected chi connectivity index (χ3v) is 7.35. The Morgan fingerprint density at radius 1 is 1.64 bits per heavy atom. The molecule has 0 fully saturated rings. The van der Waals surface area contributed by atoms with Crippen LogP contribution in [0.2, 0.25) is 0 Å². The first-order chi connectivity index (χ1) is 6.65. The van der Waals surface area contributed by atoms with Crippen LogP contribution in [0.1, 0.15) is 18.5 Å². The molecule has 0 aromatic carbocycles. The Morgan fingerprint density at radius 2 is 2.43 bits per heavy atom. The molecule has 0 saturated heterocycles. The molecule has 0 bridgehead atoms. The standard InChI is InChI=1S/C7H11N4OS.Tl/c8-13(9,12)7-5-10-11-4-2-1-3-6(7)11;/h5H,1-4H2,(H2-,8,9,12);/q-1;+1. The van der Waals surface area contributed by atoms with Gasteiger partial charge in [0.1, 0.15) is 0 Å². The molecule has 1 aromatic heterocycles. The second kappa shape index (κ2) is 3.89. The van der Waals surface area contributed by atoms with Crippen LogP contribution in [0.15, 0.2) is 13.3 Å². The average molecular weight is 404 g/mol. The number of hydrogen-bond donors (Lipinski definition) is 1. The van der Waals surface area contributed by atoms with Gasteiger partial charge in [-0.1, -0.05) is 0 Å². The summed E-state index contributed by atoms with van der Waals surface area (Å²) in [6, 6.07) is 0. The van der Waals surface area contributed by atoms with E-state index in [4.69, 9.17) is 5.14 Å². The van der Waals surface area contributed by atoms with E-state index >= 15 is 0 Å². The Morgan fingerprint density at radius 3 is 3.14 bits per heavy atom. The van der Waals surface area contributed by atoms with Crippen LogP contribution in [-0.4, -0.2) is 40.1 Å². The summed E-state index contributed by atoms with van der Waals surface area (Å²) in [6.45, 7) is 0.911. The van der Waals surface area contributed by atoms with E-state index < -0.39 is 9.92 Å². The number of nitrogens with two attached hydrogens (primary N) is 1. The fourth-order valence-corrected chi connectivity index (χ4v) is 3.87. The molecule has 74 valence electrons. The molecule has 1 aliphatic rings. The minimum atomic E-state index is -2.63.